The summed E-state index contributed by atoms with van der Waals surface area (Å²) < 4.78 is 18.6. The molecule has 2 aromatic carbocycles. The van der Waals surface area contributed by atoms with E-state index in [1.165, 1.54) is 25.0 Å². The maximum atomic E-state index is 13.0. The molecule has 4 rings (SSSR count). The summed E-state index contributed by atoms with van der Waals surface area (Å²) in [4.78, 5) is 17.3. The number of piperazine rings is 1. The first-order valence-corrected chi connectivity index (χ1v) is 9.17. The number of amides is 1. The molecule has 0 spiro atoms. The third-order valence-corrected chi connectivity index (χ3v) is 5.16. The van der Waals surface area contributed by atoms with E-state index >= 15 is 0 Å². The van der Waals surface area contributed by atoms with Crippen LogP contribution in [0, 0.1) is 5.82 Å². The average molecular weight is 354 g/mol. The average Bonchev–Trinajstić information content (AvgIpc) is 3.53. The summed E-state index contributed by atoms with van der Waals surface area (Å²) in [7, 11) is 0. The lowest BCUT2D eigenvalue weighted by molar-refractivity contribution is -0.138. The van der Waals surface area contributed by atoms with Crippen molar-refractivity contribution in [2.24, 2.45) is 0 Å². The molecule has 1 saturated heterocycles. The first-order valence-electron chi connectivity index (χ1n) is 9.17. The van der Waals surface area contributed by atoms with Crippen LogP contribution in [-0.4, -0.2) is 48.0 Å². The number of carbonyl (C=O) groups is 1. The van der Waals surface area contributed by atoms with Crippen molar-refractivity contribution < 1.29 is 13.9 Å². The van der Waals surface area contributed by atoms with E-state index in [-0.39, 0.29) is 24.4 Å². The lowest BCUT2D eigenvalue weighted by atomic mass is 10.0. The normalized spacial score (nSPS) is 20.8. The Morgan fingerprint density at radius 1 is 1.04 bits per heavy atom. The predicted molar refractivity (Wildman–Crippen MR) is 97.4 cm³/mol. The minimum absolute atomic E-state index is 0.0291. The van der Waals surface area contributed by atoms with Crippen LogP contribution in [0.2, 0.25) is 0 Å². The van der Waals surface area contributed by atoms with Gasteiger partial charge < -0.3 is 9.64 Å². The molecule has 1 unspecified atom stereocenters. The maximum absolute atomic E-state index is 13.0. The first-order chi connectivity index (χ1) is 12.7. The summed E-state index contributed by atoms with van der Waals surface area (Å²) in [6.07, 6.45) is 2.53. The van der Waals surface area contributed by atoms with E-state index in [1.54, 1.807) is 12.1 Å². The zero-order chi connectivity index (χ0) is 17.9. The number of hydrogen-bond donors (Lipinski definition) is 0. The van der Waals surface area contributed by atoms with Gasteiger partial charge in [-0.2, -0.15) is 0 Å². The Labute approximate surface area is 153 Å². The second-order valence-corrected chi connectivity index (χ2v) is 6.98. The fraction of sp³-hybridized carbons (Fsp3) is 0.381. The van der Waals surface area contributed by atoms with Gasteiger partial charge in [0.15, 0.2) is 6.61 Å². The van der Waals surface area contributed by atoms with Gasteiger partial charge in [-0.1, -0.05) is 30.3 Å². The Morgan fingerprint density at radius 3 is 2.46 bits per heavy atom. The van der Waals surface area contributed by atoms with Crippen molar-refractivity contribution in [1.82, 2.24) is 9.80 Å². The molecule has 1 heterocycles. The molecule has 0 N–H and O–H groups in total. The van der Waals surface area contributed by atoms with Crippen LogP contribution in [0.5, 0.6) is 5.75 Å². The summed E-state index contributed by atoms with van der Waals surface area (Å²) in [5.74, 6) is 0.162. The number of ether oxygens (including phenoxy) is 1. The van der Waals surface area contributed by atoms with Gasteiger partial charge in [0.1, 0.15) is 11.6 Å². The van der Waals surface area contributed by atoms with Crippen molar-refractivity contribution in [3.05, 3.63) is 66.0 Å². The van der Waals surface area contributed by atoms with E-state index in [0.717, 1.165) is 18.7 Å². The van der Waals surface area contributed by atoms with Gasteiger partial charge in [-0.3, -0.25) is 9.69 Å². The summed E-state index contributed by atoms with van der Waals surface area (Å²) >= 11 is 0. The van der Waals surface area contributed by atoms with E-state index in [9.17, 15) is 9.18 Å². The zero-order valence-corrected chi connectivity index (χ0v) is 14.7. The molecule has 0 bridgehead atoms. The summed E-state index contributed by atoms with van der Waals surface area (Å²) in [6, 6.07) is 16.7. The third kappa shape index (κ3) is 3.88. The fourth-order valence-electron chi connectivity index (χ4n) is 3.59. The molecule has 0 aromatic heterocycles. The summed E-state index contributed by atoms with van der Waals surface area (Å²) in [5.41, 5.74) is 1.16. The van der Waals surface area contributed by atoms with E-state index in [4.69, 9.17) is 4.74 Å². The molecule has 1 aliphatic heterocycles. The second kappa shape index (κ2) is 7.46. The molecule has 1 amide bonds. The highest BCUT2D eigenvalue weighted by atomic mass is 19.1. The Balaban J connectivity index is 1.45. The Bertz CT molecular complexity index is 746. The van der Waals surface area contributed by atoms with Gasteiger partial charge in [-0.05, 0) is 42.7 Å². The van der Waals surface area contributed by atoms with Crippen LogP contribution in [-0.2, 0) is 4.79 Å². The van der Waals surface area contributed by atoms with Crippen molar-refractivity contribution in [3.63, 3.8) is 0 Å². The SMILES string of the molecule is O=C(COc1ccc(F)cc1)N1CCN(C2CC2)CC1c1ccccc1. The largest absolute Gasteiger partial charge is 0.484 e. The predicted octanol–water partition coefficient (Wildman–Crippen LogP) is 3.25. The second-order valence-electron chi connectivity index (χ2n) is 6.98. The molecule has 4 nitrogen and oxygen atoms in total. The molecule has 5 heteroatoms. The minimum atomic E-state index is -0.316. The smallest absolute Gasteiger partial charge is 0.261 e. The number of halogens is 1. The molecule has 2 aliphatic rings. The van der Waals surface area contributed by atoms with Crippen molar-refractivity contribution in [2.45, 2.75) is 24.9 Å². The molecule has 136 valence electrons. The summed E-state index contributed by atoms with van der Waals surface area (Å²) in [6.45, 7) is 2.47. The molecular formula is C21H23FN2O2. The Hall–Kier alpha value is -2.40. The van der Waals surface area contributed by atoms with Gasteiger partial charge in [0.25, 0.3) is 5.91 Å². The van der Waals surface area contributed by atoms with Gasteiger partial charge in [0.2, 0.25) is 0 Å². The van der Waals surface area contributed by atoms with Crippen LogP contribution < -0.4 is 4.74 Å². The molecule has 26 heavy (non-hydrogen) atoms. The fourth-order valence-corrected chi connectivity index (χ4v) is 3.59. The van der Waals surface area contributed by atoms with Gasteiger partial charge in [-0.25, -0.2) is 4.39 Å². The van der Waals surface area contributed by atoms with Crippen LogP contribution in [0.25, 0.3) is 0 Å². The quantitative estimate of drug-likeness (QED) is 0.826. The van der Waals surface area contributed by atoms with E-state index in [2.05, 4.69) is 17.0 Å². The molecular weight excluding hydrogens is 331 g/mol. The molecule has 2 aromatic rings. The number of nitrogens with zero attached hydrogens (tertiary/aromatic N) is 2. The van der Waals surface area contributed by atoms with E-state index in [1.807, 2.05) is 23.1 Å². The topological polar surface area (TPSA) is 32.8 Å². The number of rotatable bonds is 5. The highest BCUT2D eigenvalue weighted by Gasteiger charge is 2.37. The van der Waals surface area contributed by atoms with Crippen molar-refractivity contribution in [1.29, 1.82) is 0 Å². The van der Waals surface area contributed by atoms with Crippen LogP contribution >= 0.6 is 0 Å². The monoisotopic (exact) mass is 354 g/mol. The number of hydrogen-bond acceptors (Lipinski definition) is 3. The van der Waals surface area contributed by atoms with Gasteiger partial charge in [0.05, 0.1) is 6.04 Å². The highest BCUT2D eigenvalue weighted by Crippen LogP contribution is 2.33. The standard InChI is InChI=1S/C21H23FN2O2/c22-17-6-10-19(11-7-17)26-15-21(25)24-13-12-23(18-8-9-18)14-20(24)16-4-2-1-3-5-16/h1-7,10-11,18,20H,8-9,12-15H2. The van der Waals surface area contributed by atoms with Crippen molar-refractivity contribution >= 4 is 5.91 Å². The molecule has 2 fully saturated rings. The molecule has 1 atom stereocenters. The van der Waals surface area contributed by atoms with E-state index < -0.39 is 0 Å². The molecule has 1 aliphatic carbocycles. The highest BCUT2D eigenvalue weighted by molar-refractivity contribution is 5.78. The van der Waals surface area contributed by atoms with Crippen LogP contribution in [0.3, 0.4) is 0 Å². The first kappa shape index (κ1) is 17.0. The lowest BCUT2D eigenvalue weighted by Gasteiger charge is -2.42. The molecule has 0 radical (unpaired) electrons. The zero-order valence-electron chi connectivity index (χ0n) is 14.7. The van der Waals surface area contributed by atoms with Gasteiger partial charge in [0, 0.05) is 25.7 Å². The van der Waals surface area contributed by atoms with Crippen molar-refractivity contribution in [2.75, 3.05) is 26.2 Å². The maximum Gasteiger partial charge on any atom is 0.261 e. The lowest BCUT2D eigenvalue weighted by Crippen LogP contribution is -2.52. The van der Waals surface area contributed by atoms with Crippen LogP contribution in [0.4, 0.5) is 4.39 Å². The Kier molecular flexibility index (Phi) is 4.89. The van der Waals surface area contributed by atoms with Gasteiger partial charge in [-0.15, -0.1) is 0 Å². The van der Waals surface area contributed by atoms with Crippen LogP contribution in [0.15, 0.2) is 54.6 Å². The number of benzene rings is 2. The third-order valence-electron chi connectivity index (χ3n) is 5.16. The van der Waals surface area contributed by atoms with Crippen molar-refractivity contribution in [3.8, 4) is 5.75 Å². The Morgan fingerprint density at radius 2 is 1.77 bits per heavy atom. The summed E-state index contributed by atoms with van der Waals surface area (Å²) in [5, 5.41) is 0. The van der Waals surface area contributed by atoms with Gasteiger partial charge >= 0.3 is 0 Å². The van der Waals surface area contributed by atoms with Crippen LogP contribution in [0.1, 0.15) is 24.4 Å². The minimum Gasteiger partial charge on any atom is -0.484 e. The van der Waals surface area contributed by atoms with E-state index in [0.29, 0.717) is 18.3 Å². The number of carbonyl (C=O) groups excluding carboxylic acids is 1. The molecule has 1 saturated carbocycles.